The molecule has 0 spiro atoms. The summed E-state index contributed by atoms with van der Waals surface area (Å²) in [6.07, 6.45) is 0. The maximum atomic E-state index is 9.39. The van der Waals surface area contributed by atoms with Crippen LogP contribution >= 0.6 is 0 Å². The molecule has 0 fully saturated rings. The van der Waals surface area contributed by atoms with E-state index in [2.05, 4.69) is 6.07 Å². The van der Waals surface area contributed by atoms with Gasteiger partial charge in [-0.2, -0.15) is 0 Å². The summed E-state index contributed by atoms with van der Waals surface area (Å²) in [5, 5.41) is 2.42. The molecule has 1 aromatic heterocycles. The molecule has 0 radical (unpaired) electrons. The van der Waals surface area contributed by atoms with Crippen molar-refractivity contribution in [3.8, 4) is 44.5 Å². The fraction of sp³-hybridized carbons (Fsp3) is 0. The van der Waals surface area contributed by atoms with Crippen molar-refractivity contribution >= 4 is 54.3 Å². The smallest absolute Gasteiger partial charge is 0.143 e. The van der Waals surface area contributed by atoms with E-state index in [0.717, 1.165) is 44.0 Å². The summed E-state index contributed by atoms with van der Waals surface area (Å²) >= 11 is 0. The summed E-state index contributed by atoms with van der Waals surface area (Å²) in [5.74, 6) is 0. The molecule has 0 saturated carbocycles. The molecule has 0 aliphatic heterocycles. The van der Waals surface area contributed by atoms with Gasteiger partial charge in [-0.3, -0.25) is 0 Å². The molecule has 10 aromatic rings. The number of furan rings is 1. The number of benzene rings is 9. The number of rotatable bonds is 4. The Morgan fingerprint density at radius 3 is 1.65 bits per heavy atom. The Morgan fingerprint density at radius 1 is 0.347 bits per heavy atom. The van der Waals surface area contributed by atoms with Gasteiger partial charge in [0.1, 0.15) is 11.2 Å². The molecular weight excluding hydrogens is 593 g/mol. The van der Waals surface area contributed by atoms with Crippen LogP contribution in [0.3, 0.4) is 0 Å². The summed E-state index contributed by atoms with van der Waals surface area (Å²) in [6.45, 7) is 0. The average molecular weight is 636 g/mol. The molecule has 9 aromatic carbocycles. The third-order valence-electron chi connectivity index (χ3n) is 9.21. The maximum absolute atomic E-state index is 9.39. The number of hydrogen-bond donors (Lipinski definition) is 0. The normalized spacial score (nSPS) is 15.4. The molecule has 1 nitrogen and oxygen atoms in total. The maximum Gasteiger partial charge on any atom is 0.143 e. The Labute approximate surface area is 302 Å². The van der Waals surface area contributed by atoms with Crippen LogP contribution in [0.5, 0.6) is 0 Å². The van der Waals surface area contributed by atoms with Crippen LogP contribution in [0.2, 0.25) is 0 Å². The van der Waals surface area contributed by atoms with Crippen LogP contribution in [-0.4, -0.2) is 0 Å². The van der Waals surface area contributed by atoms with Gasteiger partial charge in [-0.1, -0.05) is 170 Å². The summed E-state index contributed by atoms with van der Waals surface area (Å²) < 4.78 is 122. The van der Waals surface area contributed by atoms with Crippen molar-refractivity contribution in [2.75, 3.05) is 0 Å². The molecule has 0 amide bonds. The van der Waals surface area contributed by atoms with Crippen LogP contribution < -0.4 is 0 Å². The Morgan fingerprint density at radius 2 is 0.939 bits per heavy atom. The lowest BCUT2D eigenvalue weighted by atomic mass is 9.84. The van der Waals surface area contributed by atoms with Crippen molar-refractivity contribution in [2.24, 2.45) is 0 Å². The first-order chi connectivity index (χ1) is 29.7. The lowest BCUT2D eigenvalue weighted by molar-refractivity contribution is 0.670. The Hall–Kier alpha value is -6.44. The quantitative estimate of drug-likeness (QED) is 0.175. The minimum absolute atomic E-state index is 0.0811. The van der Waals surface area contributed by atoms with Gasteiger partial charge in [0, 0.05) is 16.3 Å². The van der Waals surface area contributed by atoms with Crippen LogP contribution in [0, 0.1) is 0 Å². The molecule has 1 heteroatoms. The molecule has 0 aliphatic rings. The molecule has 1 heterocycles. The fourth-order valence-electron chi connectivity index (χ4n) is 7.10. The van der Waals surface area contributed by atoms with Crippen molar-refractivity contribution in [3.63, 3.8) is 0 Å². The molecule has 0 aliphatic carbocycles. The van der Waals surface area contributed by atoms with E-state index < -0.39 is 84.1 Å². The predicted molar refractivity (Wildman–Crippen MR) is 208 cm³/mol. The highest BCUT2D eigenvalue weighted by atomic mass is 16.3. The highest BCUT2D eigenvalue weighted by Gasteiger charge is 2.19. The predicted octanol–water partition coefficient (Wildman–Crippen LogP) is 13.7. The van der Waals surface area contributed by atoms with Crippen molar-refractivity contribution in [1.82, 2.24) is 0 Å². The lowest BCUT2D eigenvalue weighted by Crippen LogP contribution is -1.92. The van der Waals surface area contributed by atoms with Gasteiger partial charge < -0.3 is 4.42 Å². The minimum atomic E-state index is -0.715. The van der Waals surface area contributed by atoms with E-state index in [1.54, 1.807) is 6.07 Å². The Balaban J connectivity index is 1.33. The zero-order valence-electron chi connectivity index (χ0n) is 38.7. The Bertz CT molecular complexity index is 3510. The van der Waals surface area contributed by atoms with Gasteiger partial charge in [0.25, 0.3) is 0 Å². The molecule has 228 valence electrons. The van der Waals surface area contributed by atoms with Crippen LogP contribution in [0.4, 0.5) is 0 Å². The largest absolute Gasteiger partial charge is 0.455 e. The number of fused-ring (bicyclic) bond motifs is 6. The SMILES string of the molecule is [2H]c1c([2H])c([2H])c(-c2c3c([2H])c([2H])c([2H])c([2H])c3c(-c3ccc(-c4ccc5oc6c(-c7ccccc7)cccc6c5c4)c4ccccc34)c3c([2H])c([2H])c([2H])c([2H])c23)c([2H])c1[2H]. The highest BCUT2D eigenvalue weighted by molar-refractivity contribution is 6.24. The third-order valence-corrected chi connectivity index (χ3v) is 9.21. The molecule has 49 heavy (non-hydrogen) atoms. The topological polar surface area (TPSA) is 13.1 Å². The first-order valence-electron chi connectivity index (χ1n) is 22.3. The molecule has 0 saturated heterocycles. The molecule has 0 unspecified atom stereocenters. The van der Waals surface area contributed by atoms with Gasteiger partial charge in [-0.05, 0) is 83.4 Å². The van der Waals surface area contributed by atoms with Crippen LogP contribution in [-0.2, 0) is 0 Å². The summed E-state index contributed by atoms with van der Waals surface area (Å²) in [6, 6.07) is 24.7. The van der Waals surface area contributed by atoms with Crippen molar-refractivity contribution in [3.05, 3.63) is 182 Å². The second kappa shape index (κ2) is 11.1. The van der Waals surface area contributed by atoms with Crippen LogP contribution in [0.15, 0.2) is 186 Å². The van der Waals surface area contributed by atoms with E-state index in [-0.39, 0.29) is 32.7 Å². The molecule has 0 N–H and O–H groups in total. The van der Waals surface area contributed by atoms with Crippen molar-refractivity contribution in [2.45, 2.75) is 0 Å². The summed E-state index contributed by atoms with van der Waals surface area (Å²) in [4.78, 5) is 0. The van der Waals surface area contributed by atoms with Crippen LogP contribution in [0.1, 0.15) is 17.8 Å². The van der Waals surface area contributed by atoms with E-state index in [4.69, 9.17) is 16.8 Å². The number of hydrogen-bond acceptors (Lipinski definition) is 1. The van der Waals surface area contributed by atoms with Gasteiger partial charge in [0.05, 0.1) is 17.8 Å². The van der Waals surface area contributed by atoms with E-state index in [0.29, 0.717) is 16.5 Å². The van der Waals surface area contributed by atoms with Crippen molar-refractivity contribution in [1.29, 1.82) is 0 Å². The second-order valence-electron chi connectivity index (χ2n) is 11.8. The lowest BCUT2D eigenvalue weighted by Gasteiger charge is -2.19. The first-order valence-corrected chi connectivity index (χ1v) is 15.8. The fourth-order valence-corrected chi connectivity index (χ4v) is 7.10. The summed E-state index contributed by atoms with van der Waals surface area (Å²) in [5.41, 5.74) is 4.81. The van der Waals surface area contributed by atoms with Crippen LogP contribution in [0.25, 0.3) is 98.8 Å². The van der Waals surface area contributed by atoms with E-state index >= 15 is 0 Å². The average Bonchev–Trinajstić information content (AvgIpc) is 3.67. The van der Waals surface area contributed by atoms with Gasteiger partial charge in [-0.25, -0.2) is 0 Å². The molecule has 10 rings (SSSR count). The van der Waals surface area contributed by atoms with E-state index in [1.165, 1.54) is 0 Å². The highest BCUT2D eigenvalue weighted by Crippen LogP contribution is 2.47. The molecule has 0 bridgehead atoms. The summed E-state index contributed by atoms with van der Waals surface area (Å²) in [7, 11) is 0. The molecule has 0 atom stereocenters. The van der Waals surface area contributed by atoms with Gasteiger partial charge in [0.2, 0.25) is 0 Å². The zero-order valence-corrected chi connectivity index (χ0v) is 25.7. The third kappa shape index (κ3) is 4.33. The van der Waals surface area contributed by atoms with Gasteiger partial charge in [-0.15, -0.1) is 0 Å². The van der Waals surface area contributed by atoms with Gasteiger partial charge >= 0.3 is 0 Å². The monoisotopic (exact) mass is 635 g/mol. The second-order valence-corrected chi connectivity index (χ2v) is 11.8. The van der Waals surface area contributed by atoms with Crippen molar-refractivity contribution < 1.29 is 22.2 Å². The first kappa shape index (κ1) is 17.6. The van der Waals surface area contributed by atoms with E-state index in [9.17, 15) is 5.48 Å². The zero-order chi connectivity index (χ0) is 43.6. The van der Waals surface area contributed by atoms with E-state index in [1.807, 2.05) is 91.0 Å². The minimum Gasteiger partial charge on any atom is -0.455 e. The standard InChI is InChI=1S/C48H30O/c1-3-14-31(15-4-1)35-24-13-25-43-44-30-33(26-29-45(44)49-48(35)43)34-27-28-42(37-19-8-7-18-36(34)37)47-40-22-11-9-20-38(40)46(32-16-5-2-6-17-32)39-21-10-12-23-41(39)47/h1-30H/i2D,5D,6D,9D,10D,11D,12D,16D,17D,20D,21D,22D,23D. The molecular formula is C48H30O. The number of para-hydroxylation sites is 1. The Kier molecular flexibility index (Phi) is 3.99. The van der Waals surface area contributed by atoms with Gasteiger partial charge in [0.15, 0.2) is 0 Å².